The van der Waals surface area contributed by atoms with Gasteiger partial charge in [-0.15, -0.1) is 11.8 Å². The van der Waals surface area contributed by atoms with Gasteiger partial charge in [-0.25, -0.2) is 4.79 Å². The molecule has 220 valence electrons. The molecule has 0 fully saturated rings. The SMILES string of the molecule is C=C(C)C(=O)N(CCOc1ccc(CC(Nc2ccccc2C(=O)c2ccccc2)C(=O)O)cc1)c1ccc(SC)cc1. The number of hydrogen-bond donors (Lipinski definition) is 2. The van der Waals surface area contributed by atoms with Gasteiger partial charge in [0.1, 0.15) is 18.4 Å². The summed E-state index contributed by atoms with van der Waals surface area (Å²) >= 11 is 1.63. The van der Waals surface area contributed by atoms with Gasteiger partial charge < -0.3 is 20.1 Å². The summed E-state index contributed by atoms with van der Waals surface area (Å²) in [6.45, 7) is 6.08. The lowest BCUT2D eigenvalue weighted by atomic mass is 10.00. The fourth-order valence-corrected chi connectivity index (χ4v) is 4.90. The molecule has 0 aliphatic rings. The number of benzene rings is 4. The van der Waals surface area contributed by atoms with E-state index in [4.69, 9.17) is 4.74 Å². The molecule has 4 aromatic carbocycles. The van der Waals surface area contributed by atoms with E-state index >= 15 is 0 Å². The summed E-state index contributed by atoms with van der Waals surface area (Å²) in [5.74, 6) is -0.789. The Morgan fingerprint density at radius 3 is 2.19 bits per heavy atom. The van der Waals surface area contributed by atoms with Crippen LogP contribution in [0.15, 0.2) is 120 Å². The average Bonchev–Trinajstić information content (AvgIpc) is 3.03. The predicted octanol–water partition coefficient (Wildman–Crippen LogP) is 6.74. The smallest absolute Gasteiger partial charge is 0.326 e. The number of aliphatic carboxylic acids is 1. The second-order valence-corrected chi connectivity index (χ2v) is 10.8. The van der Waals surface area contributed by atoms with Gasteiger partial charge in [0.2, 0.25) is 0 Å². The number of para-hydroxylation sites is 1. The van der Waals surface area contributed by atoms with Crippen molar-refractivity contribution in [2.75, 3.05) is 29.6 Å². The standard InChI is InChI=1S/C35H34N2O5S/c1-24(2)34(39)37(27-15-19-29(43-3)20-16-27)21-22-42-28-17-13-25(14-18-28)23-32(35(40)41)36-31-12-8-7-11-30(31)33(38)26-9-5-4-6-10-26/h4-20,32,36H,1,21-23H2,2-3H3,(H,40,41). The molecule has 0 heterocycles. The van der Waals surface area contributed by atoms with Crippen LogP contribution in [-0.4, -0.2) is 48.2 Å². The van der Waals surface area contributed by atoms with Crippen molar-refractivity contribution in [2.45, 2.75) is 24.3 Å². The topological polar surface area (TPSA) is 95.9 Å². The minimum atomic E-state index is -1.03. The molecule has 0 saturated carbocycles. The summed E-state index contributed by atoms with van der Waals surface area (Å²) in [5, 5.41) is 13.0. The van der Waals surface area contributed by atoms with Gasteiger partial charge in [0, 0.05) is 39.4 Å². The molecule has 1 amide bonds. The number of carboxylic acid groups (broad SMARTS) is 1. The Bertz CT molecular complexity index is 1570. The number of rotatable bonds is 14. The van der Waals surface area contributed by atoms with E-state index in [-0.39, 0.29) is 24.7 Å². The first-order valence-corrected chi connectivity index (χ1v) is 15.0. The molecule has 8 heteroatoms. The molecule has 0 radical (unpaired) electrons. The van der Waals surface area contributed by atoms with Crippen LogP contribution in [0.2, 0.25) is 0 Å². The Balaban J connectivity index is 1.39. The van der Waals surface area contributed by atoms with Gasteiger partial charge in [-0.1, -0.05) is 61.2 Å². The number of carboxylic acids is 1. The fraction of sp³-hybridized carbons (Fsp3) is 0.171. The number of ether oxygens (including phenoxy) is 1. The van der Waals surface area contributed by atoms with Crippen LogP contribution in [0.5, 0.6) is 5.75 Å². The van der Waals surface area contributed by atoms with Gasteiger partial charge in [-0.3, -0.25) is 9.59 Å². The second-order valence-electron chi connectivity index (χ2n) is 9.91. The molecular weight excluding hydrogens is 560 g/mol. The summed E-state index contributed by atoms with van der Waals surface area (Å²) in [6, 6.07) is 29.8. The summed E-state index contributed by atoms with van der Waals surface area (Å²) in [7, 11) is 0. The largest absolute Gasteiger partial charge is 0.492 e. The maximum atomic E-state index is 13.1. The molecule has 43 heavy (non-hydrogen) atoms. The third-order valence-corrected chi connectivity index (χ3v) is 7.52. The quantitative estimate of drug-likeness (QED) is 0.0949. The third kappa shape index (κ3) is 8.36. The lowest BCUT2D eigenvalue weighted by Crippen LogP contribution is -2.35. The molecule has 1 atom stereocenters. The highest BCUT2D eigenvalue weighted by atomic mass is 32.2. The molecule has 0 bridgehead atoms. The molecule has 0 spiro atoms. The molecule has 0 aliphatic heterocycles. The van der Waals surface area contributed by atoms with E-state index < -0.39 is 12.0 Å². The van der Waals surface area contributed by atoms with Gasteiger partial charge in [-0.2, -0.15) is 0 Å². The van der Waals surface area contributed by atoms with E-state index in [0.717, 1.165) is 16.1 Å². The third-order valence-electron chi connectivity index (χ3n) is 6.78. The van der Waals surface area contributed by atoms with Crippen molar-refractivity contribution in [1.82, 2.24) is 0 Å². The first-order valence-electron chi connectivity index (χ1n) is 13.8. The number of amides is 1. The lowest BCUT2D eigenvalue weighted by molar-refractivity contribution is -0.137. The zero-order chi connectivity index (χ0) is 30.8. The van der Waals surface area contributed by atoms with Crippen molar-refractivity contribution in [3.63, 3.8) is 0 Å². The van der Waals surface area contributed by atoms with Gasteiger partial charge in [0.15, 0.2) is 5.78 Å². The summed E-state index contributed by atoms with van der Waals surface area (Å²) < 4.78 is 5.92. The summed E-state index contributed by atoms with van der Waals surface area (Å²) in [4.78, 5) is 40.8. The molecule has 0 aliphatic carbocycles. The maximum Gasteiger partial charge on any atom is 0.326 e. The van der Waals surface area contributed by atoms with Crippen LogP contribution in [0.3, 0.4) is 0 Å². The highest BCUT2D eigenvalue weighted by Crippen LogP contribution is 2.24. The summed E-state index contributed by atoms with van der Waals surface area (Å²) in [5.41, 5.74) is 3.38. The number of nitrogens with one attached hydrogen (secondary N) is 1. The van der Waals surface area contributed by atoms with Crippen LogP contribution in [0.1, 0.15) is 28.4 Å². The van der Waals surface area contributed by atoms with Crippen LogP contribution in [0.4, 0.5) is 11.4 Å². The van der Waals surface area contributed by atoms with Crippen LogP contribution in [0, 0.1) is 0 Å². The number of carbonyl (C=O) groups is 3. The first kappa shape index (κ1) is 31.1. The molecule has 0 saturated heterocycles. The number of anilines is 2. The number of nitrogens with zero attached hydrogens (tertiary/aromatic N) is 1. The Morgan fingerprint density at radius 2 is 1.56 bits per heavy atom. The Labute approximate surface area is 256 Å². The van der Waals surface area contributed by atoms with Crippen molar-refractivity contribution in [3.05, 3.63) is 132 Å². The molecule has 0 aromatic heterocycles. The van der Waals surface area contributed by atoms with Crippen molar-refractivity contribution < 1.29 is 24.2 Å². The molecule has 7 nitrogen and oxygen atoms in total. The highest BCUT2D eigenvalue weighted by molar-refractivity contribution is 7.98. The molecule has 4 aromatic rings. The zero-order valence-corrected chi connectivity index (χ0v) is 25.0. The molecule has 2 N–H and O–H groups in total. The van der Waals surface area contributed by atoms with E-state index in [1.807, 2.05) is 48.7 Å². The molecule has 1 unspecified atom stereocenters. The number of hydrogen-bond acceptors (Lipinski definition) is 6. The maximum absolute atomic E-state index is 13.1. The van der Waals surface area contributed by atoms with Crippen molar-refractivity contribution in [3.8, 4) is 5.75 Å². The lowest BCUT2D eigenvalue weighted by Gasteiger charge is -2.23. The normalized spacial score (nSPS) is 11.3. The Morgan fingerprint density at radius 1 is 0.907 bits per heavy atom. The fourth-order valence-electron chi connectivity index (χ4n) is 4.49. The van der Waals surface area contributed by atoms with Crippen molar-refractivity contribution in [2.24, 2.45) is 0 Å². The highest BCUT2D eigenvalue weighted by Gasteiger charge is 2.22. The average molecular weight is 595 g/mol. The van der Waals surface area contributed by atoms with Crippen molar-refractivity contribution in [1.29, 1.82) is 0 Å². The second kappa shape index (κ2) is 14.9. The van der Waals surface area contributed by atoms with Crippen LogP contribution in [0.25, 0.3) is 0 Å². The van der Waals surface area contributed by atoms with E-state index in [2.05, 4.69) is 11.9 Å². The number of ketones is 1. The zero-order valence-electron chi connectivity index (χ0n) is 24.2. The van der Waals surface area contributed by atoms with E-state index in [1.165, 1.54) is 0 Å². The molecular formula is C35H34N2O5S. The predicted molar refractivity (Wildman–Crippen MR) is 172 cm³/mol. The van der Waals surface area contributed by atoms with Gasteiger partial charge in [0.25, 0.3) is 5.91 Å². The van der Waals surface area contributed by atoms with E-state index in [9.17, 15) is 19.5 Å². The molecule has 4 rings (SSSR count). The van der Waals surface area contributed by atoms with E-state index in [1.54, 1.807) is 84.2 Å². The van der Waals surface area contributed by atoms with E-state index in [0.29, 0.717) is 34.7 Å². The number of carbonyl (C=O) groups excluding carboxylic acids is 2. The monoisotopic (exact) mass is 594 g/mol. The minimum absolute atomic E-state index is 0.171. The van der Waals surface area contributed by atoms with Gasteiger partial charge >= 0.3 is 5.97 Å². The van der Waals surface area contributed by atoms with Gasteiger partial charge in [-0.05, 0) is 67.3 Å². The van der Waals surface area contributed by atoms with Crippen molar-refractivity contribution >= 4 is 40.8 Å². The first-order chi connectivity index (χ1) is 20.8. The summed E-state index contributed by atoms with van der Waals surface area (Å²) in [6.07, 6.45) is 2.19. The minimum Gasteiger partial charge on any atom is -0.492 e. The van der Waals surface area contributed by atoms with Crippen LogP contribution < -0.4 is 15.0 Å². The number of thioether (sulfide) groups is 1. The van der Waals surface area contributed by atoms with Crippen LogP contribution in [-0.2, 0) is 16.0 Å². The van der Waals surface area contributed by atoms with Gasteiger partial charge in [0.05, 0.1) is 6.54 Å². The Kier molecular flexibility index (Phi) is 10.8. The Hall–Kier alpha value is -4.82. The van der Waals surface area contributed by atoms with Crippen LogP contribution >= 0.6 is 11.8 Å².